The molecule has 2 N–H and O–H groups in total. The Morgan fingerprint density at radius 2 is 2.06 bits per heavy atom. The van der Waals surface area contributed by atoms with Gasteiger partial charge < -0.3 is 5.73 Å². The van der Waals surface area contributed by atoms with Crippen molar-refractivity contribution < 1.29 is 0 Å². The highest BCUT2D eigenvalue weighted by atomic mass is 15.3. The molecular weight excluding hydrogens is 210 g/mol. The van der Waals surface area contributed by atoms with Crippen molar-refractivity contribution >= 4 is 0 Å². The standard InChI is InChI=1S/C14H17N3/c1-11(2)10-13(15)14-8-9-17(16-14)12-6-4-3-5-7-12/h3-9,13H,1,10,15H2,2H3. The van der Waals surface area contributed by atoms with Crippen LogP contribution in [0.5, 0.6) is 0 Å². The van der Waals surface area contributed by atoms with Crippen molar-refractivity contribution in [2.45, 2.75) is 19.4 Å². The molecule has 1 unspecified atom stereocenters. The predicted octanol–water partition coefficient (Wildman–Crippen LogP) is 2.84. The molecule has 1 atom stereocenters. The minimum absolute atomic E-state index is 0.0718. The van der Waals surface area contributed by atoms with Gasteiger partial charge in [0.15, 0.2) is 0 Å². The molecule has 0 aliphatic carbocycles. The Labute approximate surface area is 102 Å². The van der Waals surface area contributed by atoms with Crippen molar-refractivity contribution in [3.05, 3.63) is 60.4 Å². The molecule has 1 heterocycles. The van der Waals surface area contributed by atoms with Crippen molar-refractivity contribution in [3.63, 3.8) is 0 Å². The van der Waals surface area contributed by atoms with E-state index in [1.54, 1.807) is 0 Å². The summed E-state index contributed by atoms with van der Waals surface area (Å²) < 4.78 is 1.84. The van der Waals surface area contributed by atoms with E-state index in [0.717, 1.165) is 23.4 Å². The Bertz CT molecular complexity index is 499. The van der Waals surface area contributed by atoms with E-state index in [-0.39, 0.29) is 6.04 Å². The van der Waals surface area contributed by atoms with Crippen molar-refractivity contribution in [1.82, 2.24) is 9.78 Å². The molecule has 0 saturated carbocycles. The number of para-hydroxylation sites is 1. The molecule has 17 heavy (non-hydrogen) atoms. The van der Waals surface area contributed by atoms with Crippen LogP contribution in [0.25, 0.3) is 5.69 Å². The van der Waals surface area contributed by atoms with Gasteiger partial charge in [0.25, 0.3) is 0 Å². The van der Waals surface area contributed by atoms with Gasteiger partial charge in [0.2, 0.25) is 0 Å². The number of nitrogens with zero attached hydrogens (tertiary/aromatic N) is 2. The van der Waals surface area contributed by atoms with Crippen molar-refractivity contribution in [3.8, 4) is 5.69 Å². The lowest BCUT2D eigenvalue weighted by atomic mass is 10.1. The third-order valence-electron chi connectivity index (χ3n) is 2.58. The molecule has 0 fully saturated rings. The fourth-order valence-electron chi connectivity index (χ4n) is 1.74. The van der Waals surface area contributed by atoms with Gasteiger partial charge in [0.1, 0.15) is 0 Å². The van der Waals surface area contributed by atoms with Gasteiger partial charge >= 0.3 is 0 Å². The van der Waals surface area contributed by atoms with Crippen LogP contribution in [-0.2, 0) is 0 Å². The maximum absolute atomic E-state index is 6.05. The first-order chi connectivity index (χ1) is 8.16. The molecule has 3 heteroatoms. The number of nitrogens with two attached hydrogens (primary N) is 1. The molecule has 1 aromatic carbocycles. The van der Waals surface area contributed by atoms with E-state index in [1.165, 1.54) is 0 Å². The first kappa shape index (κ1) is 11.6. The van der Waals surface area contributed by atoms with Crippen LogP contribution in [-0.4, -0.2) is 9.78 Å². The molecule has 88 valence electrons. The third kappa shape index (κ3) is 2.82. The molecule has 0 amide bonds. The van der Waals surface area contributed by atoms with Gasteiger partial charge in [-0.2, -0.15) is 5.10 Å². The van der Waals surface area contributed by atoms with Crippen molar-refractivity contribution in [2.75, 3.05) is 0 Å². The molecule has 0 aliphatic heterocycles. The van der Waals surface area contributed by atoms with Crippen LogP contribution in [0.15, 0.2) is 54.7 Å². The highest BCUT2D eigenvalue weighted by molar-refractivity contribution is 5.30. The summed E-state index contributed by atoms with van der Waals surface area (Å²) in [7, 11) is 0. The summed E-state index contributed by atoms with van der Waals surface area (Å²) in [5, 5.41) is 4.48. The van der Waals surface area contributed by atoms with Gasteiger partial charge in [0, 0.05) is 6.20 Å². The molecule has 1 aromatic heterocycles. The van der Waals surface area contributed by atoms with E-state index in [0.29, 0.717) is 0 Å². The van der Waals surface area contributed by atoms with E-state index in [2.05, 4.69) is 11.7 Å². The Morgan fingerprint density at radius 1 is 1.35 bits per heavy atom. The first-order valence-corrected chi connectivity index (χ1v) is 5.68. The minimum atomic E-state index is -0.0718. The fourth-order valence-corrected chi connectivity index (χ4v) is 1.74. The van der Waals surface area contributed by atoms with Gasteiger partial charge in [-0.1, -0.05) is 23.8 Å². The molecule has 0 spiro atoms. The summed E-state index contributed by atoms with van der Waals surface area (Å²) in [6.45, 7) is 5.85. The van der Waals surface area contributed by atoms with Crippen LogP contribution in [0, 0.1) is 0 Å². The highest BCUT2D eigenvalue weighted by Crippen LogP contribution is 2.16. The normalized spacial score (nSPS) is 12.4. The van der Waals surface area contributed by atoms with Crippen LogP contribution in [0.1, 0.15) is 25.1 Å². The number of hydrogen-bond acceptors (Lipinski definition) is 2. The summed E-state index contributed by atoms with van der Waals surface area (Å²) in [6, 6.07) is 11.9. The summed E-state index contributed by atoms with van der Waals surface area (Å²) in [5.41, 5.74) is 9.07. The molecule has 0 aliphatic rings. The second-order valence-electron chi connectivity index (χ2n) is 4.29. The van der Waals surface area contributed by atoms with Crippen LogP contribution in [0.3, 0.4) is 0 Å². The van der Waals surface area contributed by atoms with Gasteiger partial charge in [-0.15, -0.1) is 6.58 Å². The smallest absolute Gasteiger partial charge is 0.0799 e. The number of aromatic nitrogens is 2. The second-order valence-corrected chi connectivity index (χ2v) is 4.29. The first-order valence-electron chi connectivity index (χ1n) is 5.68. The maximum Gasteiger partial charge on any atom is 0.0799 e. The van der Waals surface area contributed by atoms with Gasteiger partial charge in [0.05, 0.1) is 17.4 Å². The Hall–Kier alpha value is -1.87. The van der Waals surface area contributed by atoms with E-state index in [9.17, 15) is 0 Å². The summed E-state index contributed by atoms with van der Waals surface area (Å²) in [4.78, 5) is 0. The van der Waals surface area contributed by atoms with Crippen LogP contribution >= 0.6 is 0 Å². The van der Waals surface area contributed by atoms with Gasteiger partial charge in [-0.05, 0) is 31.5 Å². The summed E-state index contributed by atoms with van der Waals surface area (Å²) in [5.74, 6) is 0. The molecule has 2 aromatic rings. The zero-order valence-corrected chi connectivity index (χ0v) is 10.0. The average Bonchev–Trinajstić information content (AvgIpc) is 2.78. The molecule has 0 radical (unpaired) electrons. The average molecular weight is 227 g/mol. The zero-order chi connectivity index (χ0) is 12.3. The predicted molar refractivity (Wildman–Crippen MR) is 69.9 cm³/mol. The van der Waals surface area contributed by atoms with E-state index in [1.807, 2.05) is 54.2 Å². The molecule has 2 rings (SSSR count). The van der Waals surface area contributed by atoms with E-state index >= 15 is 0 Å². The number of hydrogen-bond donors (Lipinski definition) is 1. The minimum Gasteiger partial charge on any atom is -0.322 e. The molecule has 3 nitrogen and oxygen atoms in total. The Balaban J connectivity index is 2.19. The lowest BCUT2D eigenvalue weighted by Crippen LogP contribution is -2.11. The van der Waals surface area contributed by atoms with Crippen molar-refractivity contribution in [2.24, 2.45) is 5.73 Å². The molecule has 0 saturated heterocycles. The topological polar surface area (TPSA) is 43.8 Å². The third-order valence-corrected chi connectivity index (χ3v) is 2.58. The Kier molecular flexibility index (Phi) is 3.40. The maximum atomic E-state index is 6.05. The lowest BCUT2D eigenvalue weighted by molar-refractivity contribution is 0.675. The van der Waals surface area contributed by atoms with Crippen LogP contribution in [0.4, 0.5) is 0 Å². The largest absolute Gasteiger partial charge is 0.322 e. The Morgan fingerprint density at radius 3 is 2.71 bits per heavy atom. The van der Waals surface area contributed by atoms with E-state index in [4.69, 9.17) is 5.73 Å². The quantitative estimate of drug-likeness (QED) is 0.816. The van der Waals surface area contributed by atoms with Crippen molar-refractivity contribution in [1.29, 1.82) is 0 Å². The van der Waals surface area contributed by atoms with Gasteiger partial charge in [-0.3, -0.25) is 0 Å². The SMILES string of the molecule is C=C(C)CC(N)c1ccn(-c2ccccc2)n1. The van der Waals surface area contributed by atoms with Gasteiger partial charge in [-0.25, -0.2) is 4.68 Å². The summed E-state index contributed by atoms with van der Waals surface area (Å²) in [6.07, 6.45) is 2.70. The fraction of sp³-hybridized carbons (Fsp3) is 0.214. The summed E-state index contributed by atoms with van der Waals surface area (Å²) >= 11 is 0. The van der Waals surface area contributed by atoms with Crippen LogP contribution < -0.4 is 5.73 Å². The monoisotopic (exact) mass is 227 g/mol. The van der Waals surface area contributed by atoms with E-state index < -0.39 is 0 Å². The number of rotatable bonds is 4. The second kappa shape index (κ2) is 4.97. The molecule has 0 bridgehead atoms. The lowest BCUT2D eigenvalue weighted by Gasteiger charge is -2.08. The van der Waals surface area contributed by atoms with Crippen LogP contribution in [0.2, 0.25) is 0 Å². The highest BCUT2D eigenvalue weighted by Gasteiger charge is 2.09. The number of benzene rings is 1. The molecular formula is C14H17N3. The zero-order valence-electron chi connectivity index (χ0n) is 10.0.